The Morgan fingerprint density at radius 1 is 0.882 bits per heavy atom. The summed E-state index contributed by atoms with van der Waals surface area (Å²) in [5.41, 5.74) is 12.2. The summed E-state index contributed by atoms with van der Waals surface area (Å²) in [5, 5.41) is 39.2. The molecule has 1 aliphatic heterocycles. The van der Waals surface area contributed by atoms with Crippen molar-refractivity contribution in [3.8, 4) is 5.75 Å². The molecule has 51 heavy (non-hydrogen) atoms. The fraction of sp³-hybridized carbons (Fsp3) is 0.571. The van der Waals surface area contributed by atoms with Crippen molar-refractivity contribution in [2.24, 2.45) is 23.3 Å². The summed E-state index contributed by atoms with van der Waals surface area (Å²) in [7, 11) is 0. The van der Waals surface area contributed by atoms with Gasteiger partial charge in [0.2, 0.25) is 23.6 Å². The number of aliphatic carboxylic acids is 2. The maximum absolute atomic E-state index is 13.8. The average molecular weight is 717 g/mol. The van der Waals surface area contributed by atoms with Crippen molar-refractivity contribution >= 4 is 41.4 Å². The van der Waals surface area contributed by atoms with E-state index in [0.29, 0.717) is 24.9 Å². The third-order valence-corrected chi connectivity index (χ3v) is 8.39. The van der Waals surface area contributed by atoms with E-state index in [1.165, 1.54) is 24.3 Å². The molecule has 0 aromatic heterocycles. The number of benzene rings is 1. The molecule has 0 radical (unpaired) electrons. The number of hydrogen-bond acceptors (Lipinski definition) is 10. The number of rotatable bonds is 17. The molecule has 2 rings (SSSR count). The fourth-order valence-corrected chi connectivity index (χ4v) is 5.55. The molecule has 0 saturated heterocycles. The predicted octanol–water partition coefficient (Wildman–Crippen LogP) is 0.251. The Morgan fingerprint density at radius 2 is 1.49 bits per heavy atom. The molecule has 11 N–H and O–H groups in total. The van der Waals surface area contributed by atoms with E-state index < -0.39 is 83.9 Å². The van der Waals surface area contributed by atoms with Crippen LogP contribution in [0.25, 0.3) is 0 Å². The van der Waals surface area contributed by atoms with Gasteiger partial charge < -0.3 is 48.1 Å². The van der Waals surface area contributed by atoms with Gasteiger partial charge in [-0.3, -0.25) is 33.6 Å². The maximum atomic E-state index is 13.8. The van der Waals surface area contributed by atoms with Crippen LogP contribution in [0.1, 0.15) is 77.2 Å². The molecular weight excluding hydrogens is 664 g/mol. The first-order valence-corrected chi connectivity index (χ1v) is 17.2. The van der Waals surface area contributed by atoms with Crippen LogP contribution < -0.4 is 32.7 Å². The van der Waals surface area contributed by atoms with Crippen LogP contribution >= 0.6 is 0 Å². The van der Waals surface area contributed by atoms with Gasteiger partial charge in [0.05, 0.1) is 18.0 Å². The largest absolute Gasteiger partial charge is 0.508 e. The summed E-state index contributed by atoms with van der Waals surface area (Å²) >= 11 is 0. The van der Waals surface area contributed by atoms with E-state index in [9.17, 15) is 48.9 Å². The monoisotopic (exact) mass is 716 g/mol. The highest BCUT2D eigenvalue weighted by Crippen LogP contribution is 2.19. The predicted molar refractivity (Wildman–Crippen MR) is 186 cm³/mol. The lowest BCUT2D eigenvalue weighted by Crippen LogP contribution is -2.58. The van der Waals surface area contributed by atoms with Crippen molar-refractivity contribution in [2.75, 3.05) is 6.54 Å². The molecule has 0 aliphatic carbocycles. The topological polar surface area (TPSA) is 280 Å². The van der Waals surface area contributed by atoms with Crippen LogP contribution in [0.2, 0.25) is 0 Å². The van der Waals surface area contributed by atoms with Crippen molar-refractivity contribution < 1.29 is 48.9 Å². The van der Waals surface area contributed by atoms with Gasteiger partial charge in [-0.25, -0.2) is 0 Å². The van der Waals surface area contributed by atoms with Gasteiger partial charge in [-0.1, -0.05) is 38.1 Å². The zero-order valence-electron chi connectivity index (χ0n) is 29.1. The van der Waals surface area contributed by atoms with Gasteiger partial charge in [0.1, 0.15) is 23.9 Å². The Hall–Kier alpha value is -4.83. The number of hydrogen-bond donors (Lipinski definition) is 9. The van der Waals surface area contributed by atoms with Crippen molar-refractivity contribution in [1.29, 1.82) is 0 Å². The number of unbranched alkanes of at least 4 members (excludes halogenated alkanes) is 1. The second kappa shape index (κ2) is 21.4. The molecule has 1 aromatic carbocycles. The summed E-state index contributed by atoms with van der Waals surface area (Å²) in [6, 6.07) is -0.230. The van der Waals surface area contributed by atoms with Crippen molar-refractivity contribution in [3.63, 3.8) is 0 Å². The molecule has 0 unspecified atom stereocenters. The highest BCUT2D eigenvalue weighted by molar-refractivity contribution is 5.97. The molecule has 0 spiro atoms. The molecule has 6 atom stereocenters. The molecule has 16 nitrogen and oxygen atoms in total. The first-order valence-electron chi connectivity index (χ1n) is 17.2. The van der Waals surface area contributed by atoms with Crippen LogP contribution in [-0.2, 0) is 40.0 Å². The molecule has 1 aliphatic rings. The Labute approximate surface area is 297 Å². The quantitative estimate of drug-likeness (QED) is 0.0775. The van der Waals surface area contributed by atoms with Gasteiger partial charge in [-0.15, -0.1) is 0 Å². The third-order valence-electron chi connectivity index (χ3n) is 8.39. The first kappa shape index (κ1) is 42.3. The number of aromatic hydroxyl groups is 1. The number of carboxylic acid groups (broad SMARTS) is 2. The molecule has 0 fully saturated rings. The Balaban J connectivity index is 2.45. The summed E-state index contributed by atoms with van der Waals surface area (Å²) in [4.78, 5) is 90.7. The van der Waals surface area contributed by atoms with Gasteiger partial charge in [0.25, 0.3) is 0 Å². The highest BCUT2D eigenvalue weighted by atomic mass is 16.4. The van der Waals surface area contributed by atoms with Crippen LogP contribution in [0.5, 0.6) is 5.75 Å². The number of amides is 4. The number of Topliss-reactive ketones (excluding diaryl/α,β-unsaturated/α-hetero) is 1. The van der Waals surface area contributed by atoms with Crippen LogP contribution in [0.3, 0.4) is 0 Å². The van der Waals surface area contributed by atoms with Crippen LogP contribution in [0, 0.1) is 11.8 Å². The number of phenols is 1. The van der Waals surface area contributed by atoms with Crippen LogP contribution in [0.4, 0.5) is 0 Å². The first-order chi connectivity index (χ1) is 24.1. The lowest BCUT2D eigenvalue weighted by molar-refractivity contribution is -0.144. The van der Waals surface area contributed by atoms with E-state index in [1.807, 2.05) is 13.8 Å². The molecule has 1 heterocycles. The van der Waals surface area contributed by atoms with Crippen LogP contribution in [0.15, 0.2) is 36.4 Å². The molecule has 1 aromatic rings. The summed E-state index contributed by atoms with van der Waals surface area (Å²) < 4.78 is 0. The number of phenolic OH excluding ortho intramolecular Hbond substituents is 1. The normalized spacial score (nSPS) is 21.4. The number of carboxylic acids is 2. The van der Waals surface area contributed by atoms with Gasteiger partial charge >= 0.3 is 11.9 Å². The number of carbonyl (C=O) groups excluding carboxylic acids is 5. The maximum Gasteiger partial charge on any atom is 0.306 e. The van der Waals surface area contributed by atoms with E-state index in [2.05, 4.69) is 21.3 Å². The molecule has 4 amide bonds. The second-order valence-corrected chi connectivity index (χ2v) is 13.2. The minimum atomic E-state index is -1.42. The number of nitrogens with two attached hydrogens (primary N) is 2. The summed E-state index contributed by atoms with van der Waals surface area (Å²) in [6.45, 7) is 4.00. The Morgan fingerprint density at radius 3 is 2.10 bits per heavy atom. The van der Waals surface area contributed by atoms with Gasteiger partial charge in [0, 0.05) is 12.8 Å². The van der Waals surface area contributed by atoms with E-state index in [1.54, 1.807) is 12.1 Å². The number of carbonyl (C=O) groups is 7. The summed E-state index contributed by atoms with van der Waals surface area (Å²) in [6.07, 6.45) is 3.09. The number of nitrogens with one attached hydrogen (secondary N) is 4. The van der Waals surface area contributed by atoms with Crippen LogP contribution in [-0.4, -0.2) is 93.4 Å². The molecule has 0 bridgehead atoms. The lowest BCUT2D eigenvalue weighted by Gasteiger charge is -2.27. The van der Waals surface area contributed by atoms with Gasteiger partial charge in [0.15, 0.2) is 5.78 Å². The summed E-state index contributed by atoms with van der Waals surface area (Å²) in [5.74, 6) is -7.06. The van der Waals surface area contributed by atoms with E-state index in [4.69, 9.17) is 11.5 Å². The SMILES string of the molecule is CC(C)C[C@H](CC(=O)[C@H](Cc1ccc(O)cc1)NC(=O)[C@@H]1CC=CC[C@H](N)C(=O)N[C@@H](CCCCN)C(=O)N[C@@H](CCC(=O)O)C(=O)N1)C(=O)O. The molecule has 282 valence electrons. The highest BCUT2D eigenvalue weighted by Gasteiger charge is 2.33. The Bertz CT molecular complexity index is 1400. The van der Waals surface area contributed by atoms with E-state index in [0.717, 1.165) is 0 Å². The molecular formula is C35H52N6O10. The van der Waals surface area contributed by atoms with Gasteiger partial charge in [-0.05, 0) is 81.5 Å². The van der Waals surface area contributed by atoms with Crippen molar-refractivity contribution in [2.45, 2.75) is 108 Å². The average Bonchev–Trinajstić information content (AvgIpc) is 3.06. The third kappa shape index (κ3) is 15.3. The molecule has 16 heteroatoms. The van der Waals surface area contributed by atoms with E-state index >= 15 is 0 Å². The Kier molecular flexibility index (Phi) is 17.8. The van der Waals surface area contributed by atoms with E-state index in [-0.39, 0.29) is 56.6 Å². The fourth-order valence-electron chi connectivity index (χ4n) is 5.55. The zero-order valence-corrected chi connectivity index (χ0v) is 29.1. The van der Waals surface area contributed by atoms with Crippen molar-refractivity contribution in [1.82, 2.24) is 21.3 Å². The smallest absolute Gasteiger partial charge is 0.306 e. The lowest BCUT2D eigenvalue weighted by atomic mass is 9.89. The number of ketones is 1. The second-order valence-electron chi connectivity index (χ2n) is 13.2. The van der Waals surface area contributed by atoms with Gasteiger partial charge in [-0.2, -0.15) is 0 Å². The van der Waals surface area contributed by atoms with Crippen molar-refractivity contribution in [3.05, 3.63) is 42.0 Å². The zero-order chi connectivity index (χ0) is 38.1. The standard InChI is InChI=1S/C35H52N6O10/c1-20(2)17-22(35(50)51)19-29(43)28(18-21-10-12-23(42)13-11-21)41-33(48)26-8-4-3-7-24(37)31(46)38-25(9-5-6-16-36)32(47)40-27(34(49)39-26)14-15-30(44)45/h3-4,10-13,20,22,24-28,42H,5-9,14-19,36-37H2,1-2H3,(H,38,46)(H,39,49)(H,40,47)(H,41,48)(H,44,45)(H,50,51)/t22-,24+,25+,26+,27+,28+/m1/s1. The molecule has 0 saturated carbocycles. The minimum absolute atomic E-state index is 0.0219. The minimum Gasteiger partial charge on any atom is -0.508 e.